The van der Waals surface area contributed by atoms with Crippen LogP contribution < -0.4 is 21.0 Å². The Morgan fingerprint density at radius 2 is 1.97 bits per heavy atom. The van der Waals surface area contributed by atoms with Crippen LogP contribution >= 0.6 is 23.2 Å². The number of nitrogens with two attached hydrogens (primary N) is 1. The Labute approximate surface area is 194 Å². The fourth-order valence-electron chi connectivity index (χ4n) is 3.52. The molecule has 11 heteroatoms. The predicted octanol–water partition coefficient (Wildman–Crippen LogP) is 1.95. The van der Waals surface area contributed by atoms with Crippen molar-refractivity contribution in [3.05, 3.63) is 74.7 Å². The number of benzene rings is 2. The number of carbonyl (C=O) groups is 2. The summed E-state index contributed by atoms with van der Waals surface area (Å²) in [5, 5.41) is 11.2. The quantitative estimate of drug-likeness (QED) is 0.480. The maximum Gasteiger partial charge on any atom is 0.341 e. The third-order valence-corrected chi connectivity index (χ3v) is 6.74. The van der Waals surface area contributed by atoms with Crippen LogP contribution in [0.15, 0.2) is 53.5 Å². The SMILES string of the molecule is CCCS(=O)(=O)Nc1cccc(C2(C(=O)O)N=c3cc(Cl)cc(Cl)c3=C2C=CC(N)=O)c1. The van der Waals surface area contributed by atoms with E-state index in [1.54, 1.807) is 6.92 Å². The van der Waals surface area contributed by atoms with Gasteiger partial charge < -0.3 is 10.8 Å². The number of hydrogen-bond acceptors (Lipinski definition) is 5. The molecule has 0 spiro atoms. The first-order chi connectivity index (χ1) is 15.0. The molecule has 0 fully saturated rings. The van der Waals surface area contributed by atoms with E-state index in [1.807, 2.05) is 0 Å². The average molecular weight is 496 g/mol. The molecule has 4 N–H and O–H groups in total. The standard InChI is InChI=1S/C21H19Cl2N3O5S/c1-2-8-32(30,31)26-14-5-3-4-12(9-14)21(20(28)29)15(6-7-18(24)27)19-16(23)10-13(22)11-17(19)25-21/h3-7,9-11,26H,2,8H2,1H3,(H2,24,27)(H,28,29). The zero-order valence-electron chi connectivity index (χ0n) is 16.8. The maximum absolute atomic E-state index is 12.7. The third kappa shape index (κ3) is 4.50. The number of hydrogen-bond donors (Lipinski definition) is 3. The summed E-state index contributed by atoms with van der Waals surface area (Å²) in [6.45, 7) is 1.73. The minimum Gasteiger partial charge on any atom is -0.479 e. The van der Waals surface area contributed by atoms with Gasteiger partial charge in [0.05, 0.1) is 16.1 Å². The Morgan fingerprint density at radius 1 is 1.25 bits per heavy atom. The average Bonchev–Trinajstić information content (AvgIpc) is 3.01. The summed E-state index contributed by atoms with van der Waals surface area (Å²) in [6.07, 6.45) is 2.67. The summed E-state index contributed by atoms with van der Waals surface area (Å²) in [7, 11) is -3.61. The van der Waals surface area contributed by atoms with Crippen LogP contribution in [0.3, 0.4) is 0 Å². The number of sulfonamides is 1. The van der Waals surface area contributed by atoms with Gasteiger partial charge in [0.25, 0.3) is 0 Å². The van der Waals surface area contributed by atoms with Gasteiger partial charge in [-0.3, -0.25) is 14.5 Å². The van der Waals surface area contributed by atoms with Crippen LogP contribution in [0.25, 0.3) is 5.57 Å². The number of aliphatic carboxylic acids is 1. The Bertz CT molecular complexity index is 1370. The van der Waals surface area contributed by atoms with E-state index in [0.29, 0.717) is 6.42 Å². The van der Waals surface area contributed by atoms with Crippen molar-refractivity contribution in [3.8, 4) is 0 Å². The van der Waals surface area contributed by atoms with E-state index in [0.717, 1.165) is 6.08 Å². The van der Waals surface area contributed by atoms with Crippen LogP contribution in [0.5, 0.6) is 0 Å². The van der Waals surface area contributed by atoms with Gasteiger partial charge in [0.15, 0.2) is 0 Å². The lowest BCUT2D eigenvalue weighted by Crippen LogP contribution is -2.35. The second-order valence-electron chi connectivity index (χ2n) is 7.06. The van der Waals surface area contributed by atoms with Crippen LogP contribution in [0.2, 0.25) is 10.0 Å². The summed E-state index contributed by atoms with van der Waals surface area (Å²) >= 11 is 12.4. The number of fused-ring (bicyclic) bond motifs is 1. The van der Waals surface area contributed by atoms with Crippen LogP contribution in [0, 0.1) is 0 Å². The maximum atomic E-state index is 12.7. The van der Waals surface area contributed by atoms with E-state index < -0.39 is 27.4 Å². The van der Waals surface area contributed by atoms with Gasteiger partial charge in [-0.15, -0.1) is 0 Å². The molecule has 1 atom stereocenters. The van der Waals surface area contributed by atoms with Gasteiger partial charge in [-0.2, -0.15) is 0 Å². The first kappa shape index (κ1) is 23.8. The molecular formula is C21H19Cl2N3O5S. The summed E-state index contributed by atoms with van der Waals surface area (Å²) in [6, 6.07) is 8.77. The normalized spacial score (nSPS) is 17.8. The molecule has 1 heterocycles. The first-order valence-corrected chi connectivity index (χ1v) is 11.8. The van der Waals surface area contributed by atoms with Crippen molar-refractivity contribution in [2.75, 3.05) is 10.5 Å². The lowest BCUT2D eigenvalue weighted by molar-refractivity contribution is -0.141. The summed E-state index contributed by atoms with van der Waals surface area (Å²) < 4.78 is 26.8. The highest BCUT2D eigenvalue weighted by atomic mass is 35.5. The van der Waals surface area contributed by atoms with Crippen molar-refractivity contribution in [1.29, 1.82) is 0 Å². The van der Waals surface area contributed by atoms with E-state index in [-0.39, 0.29) is 43.2 Å². The van der Waals surface area contributed by atoms with Gasteiger partial charge in [-0.1, -0.05) is 42.3 Å². The topological polar surface area (TPSA) is 139 Å². The van der Waals surface area contributed by atoms with Crippen molar-refractivity contribution in [2.45, 2.75) is 18.9 Å². The molecule has 2 aromatic rings. The molecule has 0 saturated carbocycles. The lowest BCUT2D eigenvalue weighted by Gasteiger charge is -2.25. The smallest absolute Gasteiger partial charge is 0.341 e. The number of nitrogens with zero attached hydrogens (tertiary/aromatic N) is 1. The second-order valence-corrected chi connectivity index (χ2v) is 9.75. The molecule has 1 aliphatic rings. The number of amides is 1. The fourth-order valence-corrected chi connectivity index (χ4v) is 5.23. The Balaban J connectivity index is 2.32. The Morgan fingerprint density at radius 3 is 2.59 bits per heavy atom. The first-order valence-electron chi connectivity index (χ1n) is 9.42. The molecular weight excluding hydrogens is 477 g/mol. The molecule has 2 aromatic carbocycles. The number of carboxylic acids is 1. The van der Waals surface area contributed by atoms with Gasteiger partial charge >= 0.3 is 5.97 Å². The summed E-state index contributed by atoms with van der Waals surface area (Å²) in [4.78, 5) is 28.5. The highest BCUT2D eigenvalue weighted by molar-refractivity contribution is 7.92. The van der Waals surface area contributed by atoms with Gasteiger partial charge in [-0.05, 0) is 42.3 Å². The highest BCUT2D eigenvalue weighted by Crippen LogP contribution is 2.39. The molecule has 1 aliphatic heterocycles. The number of halogens is 2. The molecule has 0 aliphatic carbocycles. The number of rotatable bonds is 8. The van der Waals surface area contributed by atoms with Crippen molar-refractivity contribution in [1.82, 2.24) is 0 Å². The molecule has 0 radical (unpaired) electrons. The van der Waals surface area contributed by atoms with Crippen molar-refractivity contribution in [2.24, 2.45) is 10.7 Å². The van der Waals surface area contributed by atoms with Crippen LogP contribution in [-0.4, -0.2) is 31.2 Å². The van der Waals surface area contributed by atoms with Crippen molar-refractivity contribution < 1.29 is 23.1 Å². The molecule has 0 bridgehead atoms. The summed E-state index contributed by atoms with van der Waals surface area (Å²) in [5.41, 5.74) is 3.62. The van der Waals surface area contributed by atoms with E-state index in [2.05, 4.69) is 9.71 Å². The van der Waals surface area contributed by atoms with E-state index in [9.17, 15) is 23.1 Å². The number of nitrogens with one attached hydrogen (secondary N) is 1. The molecule has 1 amide bonds. The van der Waals surface area contributed by atoms with Crippen LogP contribution in [0.4, 0.5) is 5.69 Å². The van der Waals surface area contributed by atoms with Crippen molar-refractivity contribution in [3.63, 3.8) is 0 Å². The molecule has 32 heavy (non-hydrogen) atoms. The molecule has 168 valence electrons. The fraction of sp³-hybridized carbons (Fsp3) is 0.190. The highest BCUT2D eigenvalue weighted by Gasteiger charge is 2.46. The molecule has 1 unspecified atom stereocenters. The van der Waals surface area contributed by atoms with Crippen molar-refractivity contribution >= 4 is 56.4 Å². The minimum absolute atomic E-state index is 0.0917. The van der Waals surface area contributed by atoms with Crippen LogP contribution in [0.1, 0.15) is 18.9 Å². The minimum atomic E-state index is -3.61. The Kier molecular flexibility index (Phi) is 6.64. The molecule has 0 aromatic heterocycles. The predicted molar refractivity (Wildman–Crippen MR) is 122 cm³/mol. The zero-order chi connectivity index (χ0) is 23.7. The molecule has 8 nitrogen and oxygen atoms in total. The lowest BCUT2D eigenvalue weighted by atomic mass is 9.82. The number of carbonyl (C=O) groups excluding carboxylic acids is 1. The third-order valence-electron chi connectivity index (χ3n) is 4.73. The monoisotopic (exact) mass is 495 g/mol. The van der Waals surface area contributed by atoms with E-state index in [4.69, 9.17) is 28.9 Å². The van der Waals surface area contributed by atoms with E-state index >= 15 is 0 Å². The van der Waals surface area contributed by atoms with Gasteiger partial charge in [0, 0.05) is 27.6 Å². The molecule has 0 saturated heterocycles. The molecule has 3 rings (SSSR count). The van der Waals surface area contributed by atoms with E-state index in [1.165, 1.54) is 42.5 Å². The van der Waals surface area contributed by atoms with Crippen LogP contribution in [-0.2, 0) is 25.2 Å². The number of primary amides is 1. The summed E-state index contributed by atoms with van der Waals surface area (Å²) in [5.74, 6) is -2.25. The second kappa shape index (κ2) is 8.93. The van der Waals surface area contributed by atoms with Gasteiger partial charge in [0.2, 0.25) is 21.5 Å². The van der Waals surface area contributed by atoms with Gasteiger partial charge in [0.1, 0.15) is 0 Å². The number of carboxylic acid groups (broad SMARTS) is 1. The van der Waals surface area contributed by atoms with Gasteiger partial charge in [-0.25, -0.2) is 13.2 Å². The Hall–Kier alpha value is -2.88. The zero-order valence-corrected chi connectivity index (χ0v) is 19.1. The largest absolute Gasteiger partial charge is 0.479 e. The number of anilines is 1.